The van der Waals surface area contributed by atoms with Crippen molar-refractivity contribution in [1.82, 2.24) is 15.1 Å². The van der Waals surface area contributed by atoms with Gasteiger partial charge in [0.15, 0.2) is 0 Å². The summed E-state index contributed by atoms with van der Waals surface area (Å²) in [5, 5.41) is 5.79. The number of rotatable bonds is 4. The Morgan fingerprint density at radius 3 is 3.12 bits per heavy atom. The van der Waals surface area contributed by atoms with E-state index in [9.17, 15) is 0 Å². The van der Waals surface area contributed by atoms with Gasteiger partial charge in [-0.25, -0.2) is 4.98 Å². The summed E-state index contributed by atoms with van der Waals surface area (Å²) in [6.07, 6.45) is 3.13. The van der Waals surface area contributed by atoms with Gasteiger partial charge in [0.05, 0.1) is 5.51 Å². The topological polar surface area (TPSA) is 77.8 Å². The number of hydrogen-bond acceptors (Lipinski definition) is 6. The van der Waals surface area contributed by atoms with Gasteiger partial charge in [0, 0.05) is 17.8 Å². The molecule has 1 unspecified atom stereocenters. The Hall–Kier alpha value is -1.27. The van der Waals surface area contributed by atoms with Gasteiger partial charge in [-0.15, -0.1) is 11.3 Å². The predicted octanol–water partition coefficient (Wildman–Crippen LogP) is 1.47. The minimum absolute atomic E-state index is 0.156. The van der Waals surface area contributed by atoms with E-state index in [0.29, 0.717) is 24.1 Å². The molecule has 0 radical (unpaired) electrons. The molecular formula is C10H12N4OS. The average Bonchev–Trinajstić information content (AvgIpc) is 2.80. The van der Waals surface area contributed by atoms with E-state index < -0.39 is 0 Å². The summed E-state index contributed by atoms with van der Waals surface area (Å²) >= 11 is 1.52. The van der Waals surface area contributed by atoms with Crippen LogP contribution in [0, 0.1) is 5.92 Å². The van der Waals surface area contributed by atoms with Gasteiger partial charge in [-0.3, -0.25) is 0 Å². The molecule has 1 saturated carbocycles. The van der Waals surface area contributed by atoms with Crippen LogP contribution in [-0.2, 0) is 6.42 Å². The lowest BCUT2D eigenvalue weighted by molar-refractivity contribution is 0.363. The molecule has 3 rings (SSSR count). The minimum atomic E-state index is 0.156. The SMILES string of the molecule is NC(Cc1nc(-c2cscn2)no1)C1CC1. The van der Waals surface area contributed by atoms with Gasteiger partial charge in [-0.05, 0) is 18.8 Å². The van der Waals surface area contributed by atoms with E-state index in [4.69, 9.17) is 10.3 Å². The van der Waals surface area contributed by atoms with Crippen LogP contribution in [-0.4, -0.2) is 21.2 Å². The van der Waals surface area contributed by atoms with Crippen molar-refractivity contribution in [1.29, 1.82) is 0 Å². The van der Waals surface area contributed by atoms with Crippen molar-refractivity contribution in [2.45, 2.75) is 25.3 Å². The van der Waals surface area contributed by atoms with Gasteiger partial charge >= 0.3 is 0 Å². The molecule has 0 amide bonds. The molecule has 1 aliphatic rings. The molecule has 0 spiro atoms. The summed E-state index contributed by atoms with van der Waals surface area (Å²) in [5.74, 6) is 1.82. The molecule has 6 heteroatoms. The highest BCUT2D eigenvalue weighted by Crippen LogP contribution is 2.32. The van der Waals surface area contributed by atoms with Crippen molar-refractivity contribution in [2.24, 2.45) is 11.7 Å². The highest BCUT2D eigenvalue weighted by Gasteiger charge is 2.29. The highest BCUT2D eigenvalue weighted by molar-refractivity contribution is 7.07. The smallest absolute Gasteiger partial charge is 0.228 e. The Labute approximate surface area is 96.7 Å². The standard InChI is InChI=1S/C10H12N4OS/c11-7(6-1-2-6)3-9-13-10(14-15-9)8-4-16-5-12-8/h4-7H,1-3,11H2. The van der Waals surface area contributed by atoms with E-state index in [0.717, 1.165) is 5.69 Å². The second kappa shape index (κ2) is 3.95. The Bertz CT molecular complexity index is 463. The molecule has 2 aromatic heterocycles. The Morgan fingerprint density at radius 1 is 1.56 bits per heavy atom. The summed E-state index contributed by atoms with van der Waals surface area (Å²) in [7, 11) is 0. The van der Waals surface area contributed by atoms with Crippen LogP contribution in [0.15, 0.2) is 15.4 Å². The van der Waals surface area contributed by atoms with Gasteiger partial charge in [0.25, 0.3) is 0 Å². The zero-order chi connectivity index (χ0) is 11.0. The molecule has 84 valence electrons. The van der Waals surface area contributed by atoms with E-state index >= 15 is 0 Å². The molecule has 2 heterocycles. The second-order valence-electron chi connectivity index (χ2n) is 4.09. The van der Waals surface area contributed by atoms with Gasteiger partial charge < -0.3 is 10.3 Å². The first kappa shape index (κ1) is 9.92. The van der Waals surface area contributed by atoms with Crippen molar-refractivity contribution in [2.75, 3.05) is 0 Å². The van der Waals surface area contributed by atoms with Crippen LogP contribution in [0.4, 0.5) is 0 Å². The highest BCUT2D eigenvalue weighted by atomic mass is 32.1. The van der Waals surface area contributed by atoms with Crippen molar-refractivity contribution in [3.8, 4) is 11.5 Å². The Balaban J connectivity index is 1.72. The lowest BCUT2D eigenvalue weighted by Crippen LogP contribution is -2.25. The third kappa shape index (κ3) is 1.98. The van der Waals surface area contributed by atoms with Gasteiger partial charge in [0.2, 0.25) is 11.7 Å². The van der Waals surface area contributed by atoms with E-state index in [2.05, 4.69) is 15.1 Å². The third-order valence-electron chi connectivity index (χ3n) is 2.77. The quantitative estimate of drug-likeness (QED) is 0.869. The summed E-state index contributed by atoms with van der Waals surface area (Å²) in [6.45, 7) is 0. The summed E-state index contributed by atoms with van der Waals surface area (Å²) in [6, 6.07) is 0.156. The monoisotopic (exact) mass is 236 g/mol. The fourth-order valence-corrected chi connectivity index (χ4v) is 2.19. The molecule has 16 heavy (non-hydrogen) atoms. The van der Waals surface area contributed by atoms with Gasteiger partial charge in [0.1, 0.15) is 5.69 Å². The van der Waals surface area contributed by atoms with Crippen molar-refractivity contribution in [3.63, 3.8) is 0 Å². The van der Waals surface area contributed by atoms with E-state index in [-0.39, 0.29) is 6.04 Å². The molecule has 2 aromatic rings. The normalized spacial score (nSPS) is 17.6. The largest absolute Gasteiger partial charge is 0.339 e. The van der Waals surface area contributed by atoms with Crippen LogP contribution in [0.1, 0.15) is 18.7 Å². The molecule has 0 aromatic carbocycles. The maximum atomic E-state index is 6.00. The van der Waals surface area contributed by atoms with Crippen LogP contribution in [0.2, 0.25) is 0 Å². The zero-order valence-corrected chi connectivity index (χ0v) is 9.48. The number of thiazole rings is 1. The molecule has 5 nitrogen and oxygen atoms in total. The number of aromatic nitrogens is 3. The lowest BCUT2D eigenvalue weighted by Gasteiger charge is -2.04. The summed E-state index contributed by atoms with van der Waals surface area (Å²) < 4.78 is 5.16. The number of hydrogen-bond donors (Lipinski definition) is 1. The fourth-order valence-electron chi connectivity index (χ4n) is 1.66. The second-order valence-corrected chi connectivity index (χ2v) is 4.81. The van der Waals surface area contributed by atoms with E-state index in [1.807, 2.05) is 5.38 Å². The summed E-state index contributed by atoms with van der Waals surface area (Å²) in [5.41, 5.74) is 8.51. The first-order valence-electron chi connectivity index (χ1n) is 5.29. The lowest BCUT2D eigenvalue weighted by atomic mass is 10.1. The van der Waals surface area contributed by atoms with Crippen molar-refractivity contribution >= 4 is 11.3 Å². The molecular weight excluding hydrogens is 224 g/mol. The molecule has 1 fully saturated rings. The molecule has 0 aliphatic heterocycles. The van der Waals surface area contributed by atoms with Gasteiger partial charge in [-0.1, -0.05) is 5.16 Å². The van der Waals surface area contributed by atoms with E-state index in [1.165, 1.54) is 24.2 Å². The number of nitrogens with zero attached hydrogens (tertiary/aromatic N) is 3. The van der Waals surface area contributed by atoms with Gasteiger partial charge in [-0.2, -0.15) is 4.98 Å². The third-order valence-corrected chi connectivity index (χ3v) is 3.35. The van der Waals surface area contributed by atoms with Crippen LogP contribution in [0.3, 0.4) is 0 Å². The van der Waals surface area contributed by atoms with Crippen LogP contribution in [0.25, 0.3) is 11.5 Å². The Morgan fingerprint density at radius 2 is 2.44 bits per heavy atom. The Kier molecular flexibility index (Phi) is 2.45. The molecule has 1 aliphatic carbocycles. The van der Waals surface area contributed by atoms with Crippen molar-refractivity contribution < 1.29 is 4.52 Å². The minimum Gasteiger partial charge on any atom is -0.339 e. The number of nitrogens with two attached hydrogens (primary N) is 1. The van der Waals surface area contributed by atoms with Crippen LogP contribution in [0.5, 0.6) is 0 Å². The van der Waals surface area contributed by atoms with Crippen molar-refractivity contribution in [3.05, 3.63) is 16.8 Å². The average molecular weight is 236 g/mol. The molecule has 0 bridgehead atoms. The molecule has 0 saturated heterocycles. The van der Waals surface area contributed by atoms with Crippen LogP contribution >= 0.6 is 11.3 Å². The molecule has 1 atom stereocenters. The maximum Gasteiger partial charge on any atom is 0.228 e. The maximum absolute atomic E-state index is 6.00. The van der Waals surface area contributed by atoms with E-state index in [1.54, 1.807) is 5.51 Å². The van der Waals surface area contributed by atoms with Crippen LogP contribution < -0.4 is 5.73 Å². The first-order valence-corrected chi connectivity index (χ1v) is 6.24. The molecule has 2 N–H and O–H groups in total. The first-order chi connectivity index (χ1) is 7.83. The zero-order valence-electron chi connectivity index (χ0n) is 8.67. The fraction of sp³-hybridized carbons (Fsp3) is 0.500. The summed E-state index contributed by atoms with van der Waals surface area (Å²) in [4.78, 5) is 8.42. The predicted molar refractivity (Wildman–Crippen MR) is 59.8 cm³/mol.